The molecule has 0 aliphatic heterocycles. The molecular formula is C15H23N3O2S. The first-order valence-electron chi connectivity index (χ1n) is 7.27. The highest BCUT2D eigenvalue weighted by molar-refractivity contribution is 7.18. The smallest absolute Gasteiger partial charge is 0.259 e. The molecule has 0 saturated heterocycles. The SMILES string of the molecule is Cc1sc2nc(CN(CCCO)C(C)C)[nH]c(=O)c2c1C. The molecular weight excluding hydrogens is 286 g/mol. The van der Waals surface area contributed by atoms with E-state index in [1.165, 1.54) is 0 Å². The van der Waals surface area contributed by atoms with Crippen LogP contribution in [0.5, 0.6) is 0 Å². The lowest BCUT2D eigenvalue weighted by molar-refractivity contribution is 0.181. The summed E-state index contributed by atoms with van der Waals surface area (Å²) in [6.07, 6.45) is 0.724. The van der Waals surface area contributed by atoms with Crippen molar-refractivity contribution >= 4 is 21.6 Å². The zero-order valence-corrected chi connectivity index (χ0v) is 13.9. The van der Waals surface area contributed by atoms with Gasteiger partial charge in [-0.05, 0) is 39.7 Å². The highest BCUT2D eigenvalue weighted by Crippen LogP contribution is 2.25. The average Bonchev–Trinajstić information content (AvgIpc) is 2.70. The van der Waals surface area contributed by atoms with Gasteiger partial charge in [0.05, 0.1) is 11.9 Å². The molecule has 0 spiro atoms. The third-order valence-electron chi connectivity index (χ3n) is 3.77. The van der Waals surface area contributed by atoms with E-state index >= 15 is 0 Å². The summed E-state index contributed by atoms with van der Waals surface area (Å²) in [6, 6.07) is 0.337. The van der Waals surface area contributed by atoms with Crippen LogP contribution < -0.4 is 5.56 Å². The number of thiophene rings is 1. The molecule has 116 valence electrons. The molecule has 0 atom stereocenters. The van der Waals surface area contributed by atoms with Crippen LogP contribution in [0.2, 0.25) is 0 Å². The van der Waals surface area contributed by atoms with E-state index in [0.717, 1.165) is 28.2 Å². The van der Waals surface area contributed by atoms with Crippen molar-refractivity contribution in [2.24, 2.45) is 0 Å². The second-order valence-electron chi connectivity index (χ2n) is 5.62. The third kappa shape index (κ3) is 3.51. The Labute approximate surface area is 128 Å². The molecule has 0 fully saturated rings. The molecule has 0 aromatic carbocycles. The Morgan fingerprint density at radius 2 is 2.10 bits per heavy atom. The number of rotatable bonds is 6. The van der Waals surface area contributed by atoms with Crippen molar-refractivity contribution in [2.45, 2.75) is 46.7 Å². The van der Waals surface area contributed by atoms with E-state index in [4.69, 9.17) is 5.11 Å². The van der Waals surface area contributed by atoms with Gasteiger partial charge in [0.15, 0.2) is 0 Å². The fraction of sp³-hybridized carbons (Fsp3) is 0.600. The zero-order valence-electron chi connectivity index (χ0n) is 13.1. The fourth-order valence-corrected chi connectivity index (χ4v) is 3.41. The molecule has 2 aromatic rings. The number of fused-ring (bicyclic) bond motifs is 1. The third-order valence-corrected chi connectivity index (χ3v) is 4.88. The molecule has 0 aliphatic rings. The van der Waals surface area contributed by atoms with E-state index in [0.29, 0.717) is 23.8 Å². The van der Waals surface area contributed by atoms with Crippen LogP contribution in [0.4, 0.5) is 0 Å². The Balaban J connectivity index is 2.32. The molecule has 0 bridgehead atoms. The molecule has 2 N–H and O–H groups in total. The quantitative estimate of drug-likeness (QED) is 0.858. The van der Waals surface area contributed by atoms with Crippen LogP contribution in [0.25, 0.3) is 10.2 Å². The van der Waals surface area contributed by atoms with Gasteiger partial charge in [-0.3, -0.25) is 9.69 Å². The fourth-order valence-electron chi connectivity index (χ4n) is 2.36. The lowest BCUT2D eigenvalue weighted by atomic mass is 10.2. The number of nitrogens with zero attached hydrogens (tertiary/aromatic N) is 2. The number of aliphatic hydroxyl groups is 1. The van der Waals surface area contributed by atoms with Gasteiger partial charge in [0, 0.05) is 24.1 Å². The summed E-state index contributed by atoms with van der Waals surface area (Å²) in [6.45, 7) is 9.75. The van der Waals surface area contributed by atoms with Gasteiger partial charge in [-0.15, -0.1) is 11.3 Å². The maximum Gasteiger partial charge on any atom is 0.259 e. The minimum absolute atomic E-state index is 0.0530. The van der Waals surface area contributed by atoms with Crippen LogP contribution in [0.3, 0.4) is 0 Å². The number of aromatic amines is 1. The van der Waals surface area contributed by atoms with Crippen molar-refractivity contribution in [1.29, 1.82) is 0 Å². The maximum absolute atomic E-state index is 12.3. The van der Waals surface area contributed by atoms with Crippen LogP contribution >= 0.6 is 11.3 Å². The number of aromatic nitrogens is 2. The second kappa shape index (κ2) is 6.68. The largest absolute Gasteiger partial charge is 0.396 e. The Morgan fingerprint density at radius 3 is 2.71 bits per heavy atom. The zero-order chi connectivity index (χ0) is 15.6. The molecule has 0 saturated carbocycles. The van der Waals surface area contributed by atoms with Crippen LogP contribution in [0.15, 0.2) is 4.79 Å². The van der Waals surface area contributed by atoms with Crippen molar-refractivity contribution in [2.75, 3.05) is 13.2 Å². The van der Waals surface area contributed by atoms with Gasteiger partial charge in [0.25, 0.3) is 5.56 Å². The molecule has 2 rings (SSSR count). The average molecular weight is 309 g/mol. The van der Waals surface area contributed by atoms with Gasteiger partial charge in [-0.2, -0.15) is 0 Å². The number of H-pyrrole nitrogens is 1. The first kappa shape index (κ1) is 16.1. The first-order valence-corrected chi connectivity index (χ1v) is 8.09. The van der Waals surface area contributed by atoms with Gasteiger partial charge in [-0.25, -0.2) is 4.98 Å². The summed E-state index contributed by atoms with van der Waals surface area (Å²) >= 11 is 1.57. The van der Waals surface area contributed by atoms with Gasteiger partial charge >= 0.3 is 0 Å². The number of hydrogen-bond donors (Lipinski definition) is 2. The van der Waals surface area contributed by atoms with E-state index < -0.39 is 0 Å². The lowest BCUT2D eigenvalue weighted by Gasteiger charge is -2.25. The number of nitrogens with one attached hydrogen (secondary N) is 1. The molecule has 6 heteroatoms. The summed E-state index contributed by atoms with van der Waals surface area (Å²) in [5.41, 5.74) is 0.971. The summed E-state index contributed by atoms with van der Waals surface area (Å²) in [5.74, 6) is 0.695. The van der Waals surface area contributed by atoms with Crippen LogP contribution in [-0.2, 0) is 6.54 Å². The van der Waals surface area contributed by atoms with Gasteiger partial charge in [0.2, 0.25) is 0 Å². The number of aryl methyl sites for hydroxylation is 2. The highest BCUT2D eigenvalue weighted by atomic mass is 32.1. The highest BCUT2D eigenvalue weighted by Gasteiger charge is 2.15. The monoisotopic (exact) mass is 309 g/mol. The Bertz CT molecular complexity index is 675. The molecule has 0 radical (unpaired) electrons. The number of aliphatic hydroxyl groups excluding tert-OH is 1. The van der Waals surface area contributed by atoms with Crippen LogP contribution in [0.1, 0.15) is 36.5 Å². The van der Waals surface area contributed by atoms with Gasteiger partial charge in [-0.1, -0.05) is 0 Å². The van der Waals surface area contributed by atoms with Crippen molar-refractivity contribution < 1.29 is 5.11 Å². The minimum Gasteiger partial charge on any atom is -0.396 e. The second-order valence-corrected chi connectivity index (χ2v) is 6.82. The van der Waals surface area contributed by atoms with E-state index in [9.17, 15) is 4.79 Å². The molecule has 0 unspecified atom stereocenters. The molecule has 21 heavy (non-hydrogen) atoms. The molecule has 2 aromatic heterocycles. The normalized spacial score (nSPS) is 12.0. The number of hydrogen-bond acceptors (Lipinski definition) is 5. The van der Waals surface area contributed by atoms with Crippen LogP contribution in [0, 0.1) is 13.8 Å². The van der Waals surface area contributed by atoms with Crippen molar-refractivity contribution in [1.82, 2.24) is 14.9 Å². The molecule has 0 aliphatic carbocycles. The Hall–Kier alpha value is -1.24. The van der Waals surface area contributed by atoms with E-state index in [2.05, 4.69) is 28.7 Å². The van der Waals surface area contributed by atoms with E-state index in [-0.39, 0.29) is 12.2 Å². The van der Waals surface area contributed by atoms with Gasteiger partial charge < -0.3 is 10.1 Å². The predicted octanol–water partition coefficient (Wildman–Crippen LogP) is 2.19. The standard InChI is InChI=1S/C15H23N3O2S/c1-9(2)18(6-5-7-19)8-12-16-14(20)13-10(3)11(4)21-15(13)17-12/h9,19H,5-8H2,1-4H3,(H,16,17,20). The van der Waals surface area contributed by atoms with Crippen LogP contribution in [-0.4, -0.2) is 39.2 Å². The summed E-state index contributed by atoms with van der Waals surface area (Å²) in [4.78, 5) is 23.9. The maximum atomic E-state index is 12.3. The van der Waals surface area contributed by atoms with E-state index in [1.807, 2.05) is 13.8 Å². The topological polar surface area (TPSA) is 69.2 Å². The first-order chi connectivity index (χ1) is 9.93. The van der Waals surface area contributed by atoms with E-state index in [1.54, 1.807) is 11.3 Å². The summed E-state index contributed by atoms with van der Waals surface area (Å²) in [5, 5.41) is 9.70. The lowest BCUT2D eigenvalue weighted by Crippen LogP contribution is -2.33. The minimum atomic E-state index is -0.0530. The molecule has 0 amide bonds. The summed E-state index contributed by atoms with van der Waals surface area (Å²) in [7, 11) is 0. The Kier molecular flexibility index (Phi) is 5.13. The van der Waals surface area contributed by atoms with Crippen molar-refractivity contribution in [3.05, 3.63) is 26.6 Å². The molecule has 2 heterocycles. The molecule has 5 nitrogen and oxygen atoms in total. The van der Waals surface area contributed by atoms with Crippen molar-refractivity contribution in [3.8, 4) is 0 Å². The van der Waals surface area contributed by atoms with Gasteiger partial charge in [0.1, 0.15) is 10.7 Å². The summed E-state index contributed by atoms with van der Waals surface area (Å²) < 4.78 is 0. The Morgan fingerprint density at radius 1 is 1.38 bits per heavy atom. The van der Waals surface area contributed by atoms with Crippen molar-refractivity contribution in [3.63, 3.8) is 0 Å². The predicted molar refractivity (Wildman–Crippen MR) is 87.0 cm³/mol.